The monoisotopic (exact) mass is 281 g/mol. The van der Waals surface area contributed by atoms with E-state index >= 15 is 0 Å². The number of hydrogen-bond donors (Lipinski definition) is 1. The molecular weight excluding hydrogens is 269 g/mol. The molecule has 3 nitrogen and oxygen atoms in total. The number of aromatic carboxylic acids is 1. The lowest BCUT2D eigenvalue weighted by Crippen LogP contribution is -2.01. The van der Waals surface area contributed by atoms with Crippen LogP contribution in [0.4, 0.5) is 4.39 Å². The van der Waals surface area contributed by atoms with Crippen LogP contribution in [0.15, 0.2) is 66.9 Å². The first kappa shape index (κ1) is 13.1. The normalized spacial score (nSPS) is 10.5. The van der Waals surface area contributed by atoms with E-state index in [0.717, 1.165) is 5.56 Å². The van der Waals surface area contributed by atoms with Crippen LogP contribution in [-0.2, 0) is 0 Å². The third kappa shape index (κ3) is 2.43. The summed E-state index contributed by atoms with van der Waals surface area (Å²) in [5.41, 5.74) is 2.30. The highest BCUT2D eigenvalue weighted by Gasteiger charge is 2.17. The van der Waals surface area contributed by atoms with Crippen LogP contribution in [0.25, 0.3) is 16.9 Å². The summed E-state index contributed by atoms with van der Waals surface area (Å²) in [6, 6.07) is 16.8. The van der Waals surface area contributed by atoms with Crippen LogP contribution in [0.5, 0.6) is 0 Å². The molecule has 0 atom stereocenters. The number of aromatic nitrogens is 1. The van der Waals surface area contributed by atoms with Gasteiger partial charge in [0.05, 0.1) is 11.3 Å². The molecule has 0 unspecified atom stereocenters. The van der Waals surface area contributed by atoms with Crippen molar-refractivity contribution in [1.82, 2.24) is 4.57 Å². The molecule has 1 heterocycles. The Kier molecular flexibility index (Phi) is 3.28. The number of carbonyl (C=O) groups is 1. The minimum Gasteiger partial charge on any atom is -0.478 e. The van der Waals surface area contributed by atoms with E-state index in [4.69, 9.17) is 0 Å². The predicted octanol–water partition coefficient (Wildman–Crippen LogP) is 3.98. The predicted molar refractivity (Wildman–Crippen MR) is 78.1 cm³/mol. The fourth-order valence-electron chi connectivity index (χ4n) is 2.31. The van der Waals surface area contributed by atoms with Crippen molar-refractivity contribution in [2.45, 2.75) is 0 Å². The van der Waals surface area contributed by atoms with Gasteiger partial charge in [0.1, 0.15) is 5.82 Å². The lowest BCUT2D eigenvalue weighted by atomic mass is 10.1. The van der Waals surface area contributed by atoms with E-state index in [1.165, 1.54) is 12.1 Å². The molecule has 0 saturated carbocycles. The summed E-state index contributed by atoms with van der Waals surface area (Å²) in [4.78, 5) is 11.4. The Balaban J connectivity index is 2.22. The third-order valence-electron chi connectivity index (χ3n) is 3.27. The van der Waals surface area contributed by atoms with Gasteiger partial charge in [-0.05, 0) is 35.9 Å². The van der Waals surface area contributed by atoms with E-state index in [0.29, 0.717) is 11.4 Å². The Labute approximate surface area is 120 Å². The number of carboxylic acids is 1. The zero-order valence-electron chi connectivity index (χ0n) is 11.0. The first-order chi connectivity index (χ1) is 10.2. The van der Waals surface area contributed by atoms with Crippen LogP contribution < -0.4 is 0 Å². The maximum Gasteiger partial charge on any atom is 0.337 e. The van der Waals surface area contributed by atoms with Gasteiger partial charge in [-0.25, -0.2) is 9.18 Å². The van der Waals surface area contributed by atoms with E-state index in [2.05, 4.69) is 0 Å². The van der Waals surface area contributed by atoms with Gasteiger partial charge in [0, 0.05) is 11.9 Å². The number of benzene rings is 2. The number of carboxylic acid groups (broad SMARTS) is 1. The number of rotatable bonds is 3. The highest BCUT2D eigenvalue weighted by Crippen LogP contribution is 2.28. The molecule has 0 radical (unpaired) electrons. The van der Waals surface area contributed by atoms with Crippen molar-refractivity contribution in [1.29, 1.82) is 0 Å². The van der Waals surface area contributed by atoms with E-state index in [1.54, 1.807) is 29.0 Å². The second-order valence-electron chi connectivity index (χ2n) is 4.60. The molecule has 0 aliphatic heterocycles. The molecule has 21 heavy (non-hydrogen) atoms. The fraction of sp³-hybridized carbons (Fsp3) is 0. The van der Waals surface area contributed by atoms with E-state index in [1.807, 2.05) is 30.3 Å². The largest absolute Gasteiger partial charge is 0.478 e. The lowest BCUT2D eigenvalue weighted by Gasteiger charge is -2.11. The smallest absolute Gasteiger partial charge is 0.337 e. The van der Waals surface area contributed by atoms with E-state index in [-0.39, 0.29) is 11.4 Å². The van der Waals surface area contributed by atoms with Crippen molar-refractivity contribution in [2.24, 2.45) is 0 Å². The zero-order valence-corrected chi connectivity index (χ0v) is 11.0. The van der Waals surface area contributed by atoms with Crippen molar-refractivity contribution in [3.8, 4) is 16.9 Å². The van der Waals surface area contributed by atoms with Crippen LogP contribution in [0.2, 0.25) is 0 Å². The van der Waals surface area contributed by atoms with Crippen LogP contribution in [0, 0.1) is 5.82 Å². The highest BCUT2D eigenvalue weighted by molar-refractivity contribution is 5.95. The van der Waals surface area contributed by atoms with Gasteiger partial charge in [0.25, 0.3) is 0 Å². The SMILES string of the molecule is O=C(O)c1ccn(-c2ccc(F)cc2)c1-c1ccccc1. The molecule has 104 valence electrons. The Morgan fingerprint density at radius 2 is 1.62 bits per heavy atom. The third-order valence-corrected chi connectivity index (χ3v) is 3.27. The standard InChI is InChI=1S/C17H12FNO2/c18-13-6-8-14(9-7-13)19-11-10-15(17(20)21)16(19)12-4-2-1-3-5-12/h1-11H,(H,20,21). The number of hydrogen-bond acceptors (Lipinski definition) is 1. The Hall–Kier alpha value is -2.88. The molecule has 3 rings (SSSR count). The van der Waals surface area contributed by atoms with Gasteiger partial charge in [0.15, 0.2) is 0 Å². The minimum absolute atomic E-state index is 0.213. The Bertz CT molecular complexity index is 776. The summed E-state index contributed by atoms with van der Waals surface area (Å²) in [6.45, 7) is 0. The molecule has 4 heteroatoms. The number of nitrogens with zero attached hydrogens (tertiary/aromatic N) is 1. The fourth-order valence-corrected chi connectivity index (χ4v) is 2.31. The number of halogens is 1. The Morgan fingerprint density at radius 3 is 2.24 bits per heavy atom. The maximum atomic E-state index is 13.1. The molecule has 0 aliphatic rings. The van der Waals surface area contributed by atoms with E-state index < -0.39 is 5.97 Å². The second-order valence-corrected chi connectivity index (χ2v) is 4.60. The van der Waals surface area contributed by atoms with Gasteiger partial charge >= 0.3 is 5.97 Å². The van der Waals surface area contributed by atoms with Crippen LogP contribution in [0.1, 0.15) is 10.4 Å². The molecule has 0 spiro atoms. The van der Waals surface area contributed by atoms with Crippen molar-refractivity contribution in [2.75, 3.05) is 0 Å². The van der Waals surface area contributed by atoms with Crippen molar-refractivity contribution >= 4 is 5.97 Å². The van der Waals surface area contributed by atoms with Crippen LogP contribution in [-0.4, -0.2) is 15.6 Å². The van der Waals surface area contributed by atoms with Gasteiger partial charge in [-0.15, -0.1) is 0 Å². The molecule has 0 bridgehead atoms. The summed E-state index contributed by atoms with van der Waals surface area (Å²) in [7, 11) is 0. The molecule has 0 aliphatic carbocycles. The van der Waals surface area contributed by atoms with Gasteiger partial charge in [0.2, 0.25) is 0 Å². The van der Waals surface area contributed by atoms with Crippen molar-refractivity contribution < 1.29 is 14.3 Å². The van der Waals surface area contributed by atoms with Crippen LogP contribution >= 0.6 is 0 Å². The quantitative estimate of drug-likeness (QED) is 0.789. The van der Waals surface area contributed by atoms with E-state index in [9.17, 15) is 14.3 Å². The molecule has 0 amide bonds. The average Bonchev–Trinajstić information content (AvgIpc) is 2.94. The van der Waals surface area contributed by atoms with Crippen LogP contribution in [0.3, 0.4) is 0 Å². The van der Waals surface area contributed by atoms with Gasteiger partial charge in [-0.2, -0.15) is 0 Å². The average molecular weight is 281 g/mol. The summed E-state index contributed by atoms with van der Waals surface area (Å²) >= 11 is 0. The molecule has 3 aromatic rings. The summed E-state index contributed by atoms with van der Waals surface area (Å²) in [6.07, 6.45) is 1.68. The first-order valence-corrected chi connectivity index (χ1v) is 6.43. The summed E-state index contributed by atoms with van der Waals surface area (Å²) in [5, 5.41) is 9.36. The Morgan fingerprint density at radius 1 is 0.952 bits per heavy atom. The minimum atomic E-state index is -0.991. The van der Waals surface area contributed by atoms with Gasteiger partial charge < -0.3 is 9.67 Å². The van der Waals surface area contributed by atoms with Gasteiger partial charge in [-0.3, -0.25) is 0 Å². The molecule has 0 fully saturated rings. The molecule has 1 aromatic heterocycles. The van der Waals surface area contributed by atoms with Gasteiger partial charge in [-0.1, -0.05) is 30.3 Å². The first-order valence-electron chi connectivity index (χ1n) is 6.43. The van der Waals surface area contributed by atoms with Crippen molar-refractivity contribution in [3.05, 3.63) is 78.2 Å². The molecular formula is C17H12FNO2. The lowest BCUT2D eigenvalue weighted by molar-refractivity contribution is 0.0698. The summed E-state index contributed by atoms with van der Waals surface area (Å²) in [5.74, 6) is -1.32. The second kappa shape index (κ2) is 5.25. The zero-order chi connectivity index (χ0) is 14.8. The summed E-state index contributed by atoms with van der Waals surface area (Å²) < 4.78 is 14.8. The topological polar surface area (TPSA) is 42.2 Å². The highest BCUT2D eigenvalue weighted by atomic mass is 19.1. The molecule has 2 aromatic carbocycles. The molecule has 1 N–H and O–H groups in total. The van der Waals surface area contributed by atoms with Crippen molar-refractivity contribution in [3.63, 3.8) is 0 Å². The maximum absolute atomic E-state index is 13.1. The molecule has 0 saturated heterocycles.